The number of amides is 1. The summed E-state index contributed by atoms with van der Waals surface area (Å²) in [6.07, 6.45) is -4.04. The number of hydrogen-bond acceptors (Lipinski definition) is 6. The molecule has 3 rings (SSSR count). The number of rotatable bonds is 3. The van der Waals surface area contributed by atoms with E-state index in [4.69, 9.17) is 9.26 Å². The maximum atomic E-state index is 12.9. The van der Waals surface area contributed by atoms with Crippen LogP contribution in [-0.2, 0) is 10.9 Å². The maximum absolute atomic E-state index is 12.9. The third-order valence-electron chi connectivity index (χ3n) is 4.76. The van der Waals surface area contributed by atoms with Crippen LogP contribution in [-0.4, -0.2) is 59.3 Å². The second-order valence-corrected chi connectivity index (χ2v) is 6.56. The summed E-state index contributed by atoms with van der Waals surface area (Å²) in [7, 11) is 1.35. The van der Waals surface area contributed by atoms with Gasteiger partial charge in [-0.1, -0.05) is 17.3 Å². The van der Waals surface area contributed by atoms with Crippen LogP contribution >= 0.6 is 0 Å². The average molecular weight is 398 g/mol. The average Bonchev–Trinajstić information content (AvgIpc) is 3.04. The molecule has 28 heavy (non-hydrogen) atoms. The van der Waals surface area contributed by atoms with Gasteiger partial charge in [-0.15, -0.1) is 0 Å². The van der Waals surface area contributed by atoms with E-state index in [0.717, 1.165) is 25.1 Å². The van der Waals surface area contributed by atoms with Gasteiger partial charge in [0.05, 0.1) is 18.7 Å². The van der Waals surface area contributed by atoms with Gasteiger partial charge in [-0.05, 0) is 25.5 Å². The largest absolute Gasteiger partial charge is 0.453 e. The van der Waals surface area contributed by atoms with E-state index in [9.17, 15) is 18.0 Å². The van der Waals surface area contributed by atoms with Crippen molar-refractivity contribution in [3.05, 3.63) is 35.7 Å². The van der Waals surface area contributed by atoms with Gasteiger partial charge in [-0.3, -0.25) is 4.90 Å². The molecule has 1 atom stereocenters. The second kappa shape index (κ2) is 8.17. The number of aromatic nitrogens is 2. The number of carbonyl (C=O) groups is 1. The Kier molecular flexibility index (Phi) is 5.87. The number of benzene rings is 1. The van der Waals surface area contributed by atoms with Gasteiger partial charge in [0.2, 0.25) is 11.7 Å². The predicted octanol–water partition coefficient (Wildman–Crippen LogP) is 3.59. The van der Waals surface area contributed by atoms with Crippen molar-refractivity contribution in [3.63, 3.8) is 0 Å². The fourth-order valence-electron chi connectivity index (χ4n) is 3.15. The molecule has 0 bridgehead atoms. The summed E-state index contributed by atoms with van der Waals surface area (Å²) in [5, 5.41) is 3.84. The summed E-state index contributed by atoms with van der Waals surface area (Å²) in [5.41, 5.74) is -0.524. The highest BCUT2D eigenvalue weighted by Crippen LogP contribution is 2.32. The van der Waals surface area contributed by atoms with Crippen LogP contribution < -0.4 is 0 Å². The van der Waals surface area contributed by atoms with Crippen molar-refractivity contribution in [2.24, 2.45) is 0 Å². The lowest BCUT2D eigenvalue weighted by Crippen LogP contribution is -2.35. The van der Waals surface area contributed by atoms with Gasteiger partial charge in [-0.25, -0.2) is 4.79 Å². The number of methoxy groups -OCH3 is 1. The monoisotopic (exact) mass is 398 g/mol. The lowest BCUT2D eigenvalue weighted by Gasteiger charge is -2.24. The molecule has 1 fully saturated rings. The summed E-state index contributed by atoms with van der Waals surface area (Å²) in [6, 6.07) is 4.59. The zero-order valence-corrected chi connectivity index (χ0v) is 15.6. The molecular formula is C18H21F3N4O3. The van der Waals surface area contributed by atoms with Gasteiger partial charge in [0.15, 0.2) is 0 Å². The summed E-state index contributed by atoms with van der Waals surface area (Å²) in [4.78, 5) is 19.7. The molecule has 2 heterocycles. The van der Waals surface area contributed by atoms with Gasteiger partial charge in [-0.2, -0.15) is 18.2 Å². The van der Waals surface area contributed by atoms with Crippen LogP contribution in [0.4, 0.5) is 18.0 Å². The number of ether oxygens (including phenoxy) is 1. The van der Waals surface area contributed by atoms with Crippen molar-refractivity contribution in [1.29, 1.82) is 0 Å². The lowest BCUT2D eigenvalue weighted by molar-refractivity contribution is -0.137. The Labute approximate surface area is 160 Å². The molecule has 1 aliphatic heterocycles. The number of alkyl halides is 3. The first kappa shape index (κ1) is 20.1. The minimum Gasteiger partial charge on any atom is -0.453 e. The minimum atomic E-state index is -4.44. The smallest absolute Gasteiger partial charge is 0.416 e. The van der Waals surface area contributed by atoms with Crippen LogP contribution in [0.25, 0.3) is 11.4 Å². The Balaban J connectivity index is 1.72. The molecule has 1 aromatic carbocycles. The molecule has 152 valence electrons. The highest BCUT2D eigenvalue weighted by atomic mass is 19.4. The van der Waals surface area contributed by atoms with Crippen molar-refractivity contribution < 1.29 is 27.2 Å². The summed E-state index contributed by atoms with van der Waals surface area (Å²) >= 11 is 0. The van der Waals surface area contributed by atoms with E-state index in [2.05, 4.69) is 15.0 Å². The molecule has 2 aromatic rings. The zero-order valence-electron chi connectivity index (χ0n) is 15.6. The molecule has 0 spiro atoms. The minimum absolute atomic E-state index is 0.110. The molecule has 7 nitrogen and oxygen atoms in total. The molecule has 0 saturated carbocycles. The van der Waals surface area contributed by atoms with E-state index in [1.165, 1.54) is 19.2 Å². The fourth-order valence-corrected chi connectivity index (χ4v) is 3.15. The third kappa shape index (κ3) is 4.44. The summed E-state index contributed by atoms with van der Waals surface area (Å²) in [5.74, 6) is 0.429. The summed E-state index contributed by atoms with van der Waals surface area (Å²) in [6.45, 7) is 4.30. The van der Waals surface area contributed by atoms with Crippen LogP contribution in [0.3, 0.4) is 0 Å². The Morgan fingerprint density at radius 2 is 2.04 bits per heavy atom. The predicted molar refractivity (Wildman–Crippen MR) is 93.3 cm³/mol. The van der Waals surface area contributed by atoms with Crippen molar-refractivity contribution in [3.8, 4) is 11.4 Å². The lowest BCUT2D eigenvalue weighted by atomic mass is 10.1. The van der Waals surface area contributed by atoms with Crippen molar-refractivity contribution in [1.82, 2.24) is 19.9 Å². The van der Waals surface area contributed by atoms with Crippen LogP contribution in [0, 0.1) is 0 Å². The molecule has 0 N–H and O–H groups in total. The van der Waals surface area contributed by atoms with Crippen LogP contribution in [0.15, 0.2) is 28.8 Å². The highest BCUT2D eigenvalue weighted by molar-refractivity contribution is 5.67. The first-order valence-corrected chi connectivity index (χ1v) is 8.88. The number of hydrogen-bond donors (Lipinski definition) is 0. The van der Waals surface area contributed by atoms with Crippen LogP contribution in [0.1, 0.15) is 30.8 Å². The summed E-state index contributed by atoms with van der Waals surface area (Å²) < 4.78 is 48.8. The molecule has 1 aromatic heterocycles. The van der Waals surface area contributed by atoms with E-state index in [-0.39, 0.29) is 23.5 Å². The van der Waals surface area contributed by atoms with Gasteiger partial charge in [0.1, 0.15) is 0 Å². The zero-order chi connectivity index (χ0) is 20.3. The number of nitrogens with zero attached hydrogens (tertiary/aromatic N) is 4. The molecule has 0 radical (unpaired) electrons. The Bertz CT molecular complexity index is 824. The van der Waals surface area contributed by atoms with Gasteiger partial charge >= 0.3 is 12.3 Å². The topological polar surface area (TPSA) is 71.7 Å². The molecule has 1 aliphatic rings. The Hall–Kier alpha value is -2.62. The SMILES string of the molecule is COC(=O)N1CCCN([C@H](C)c2nc(-c3cccc(C(F)(F)F)c3)no2)CC1. The third-order valence-corrected chi connectivity index (χ3v) is 4.76. The van der Waals surface area contributed by atoms with Gasteiger partial charge < -0.3 is 14.2 Å². The first-order valence-electron chi connectivity index (χ1n) is 8.88. The number of carbonyl (C=O) groups excluding carboxylic acids is 1. The molecule has 1 saturated heterocycles. The van der Waals surface area contributed by atoms with Gasteiger partial charge in [0.25, 0.3) is 0 Å². The van der Waals surface area contributed by atoms with Crippen molar-refractivity contribution >= 4 is 6.09 Å². The Morgan fingerprint density at radius 1 is 1.25 bits per heavy atom. The van der Waals surface area contributed by atoms with E-state index < -0.39 is 11.7 Å². The second-order valence-electron chi connectivity index (χ2n) is 6.56. The highest BCUT2D eigenvalue weighted by Gasteiger charge is 2.31. The van der Waals surface area contributed by atoms with E-state index in [0.29, 0.717) is 25.5 Å². The van der Waals surface area contributed by atoms with Crippen molar-refractivity contribution in [2.75, 3.05) is 33.3 Å². The molecule has 1 amide bonds. The number of halogens is 3. The van der Waals surface area contributed by atoms with Crippen LogP contribution in [0.5, 0.6) is 0 Å². The molecule has 0 aliphatic carbocycles. The molecular weight excluding hydrogens is 377 g/mol. The van der Waals surface area contributed by atoms with Crippen molar-refractivity contribution in [2.45, 2.75) is 25.6 Å². The molecule has 10 heteroatoms. The van der Waals surface area contributed by atoms with Gasteiger partial charge in [0, 0.05) is 31.7 Å². The fraction of sp³-hybridized carbons (Fsp3) is 0.500. The maximum Gasteiger partial charge on any atom is 0.416 e. The first-order chi connectivity index (χ1) is 13.3. The van der Waals surface area contributed by atoms with E-state index in [1.54, 1.807) is 4.90 Å². The van der Waals surface area contributed by atoms with E-state index >= 15 is 0 Å². The normalized spacial score (nSPS) is 17.2. The van der Waals surface area contributed by atoms with E-state index in [1.807, 2.05) is 6.92 Å². The Morgan fingerprint density at radius 3 is 2.75 bits per heavy atom. The standard InChI is InChI=1S/C18H21F3N4O3/c1-12(24-7-4-8-25(10-9-24)17(26)27-2)16-22-15(23-28-16)13-5-3-6-14(11-13)18(19,20)21/h3,5-6,11-12H,4,7-10H2,1-2H3/t12-/m1/s1. The quantitative estimate of drug-likeness (QED) is 0.787. The molecule has 0 unspecified atom stereocenters. The van der Waals surface area contributed by atoms with Crippen LogP contribution in [0.2, 0.25) is 0 Å².